The molecule has 0 unspecified atom stereocenters. The van der Waals surface area contributed by atoms with Crippen LogP contribution in [0.15, 0.2) is 57.7 Å². The topological polar surface area (TPSA) is 72.2 Å². The molecule has 208 valence electrons. The van der Waals surface area contributed by atoms with E-state index in [2.05, 4.69) is 4.90 Å². The zero-order valence-electron chi connectivity index (χ0n) is 23.2. The van der Waals surface area contributed by atoms with Crippen molar-refractivity contribution in [1.29, 1.82) is 0 Å². The number of carbonyl (C=O) groups excluding carboxylic acids is 1. The molecule has 2 aliphatic rings. The lowest BCUT2D eigenvalue weighted by atomic mass is 9.83. The number of hydrogen-bond donors (Lipinski definition) is 0. The van der Waals surface area contributed by atoms with Crippen molar-refractivity contribution >= 4 is 16.9 Å². The Morgan fingerprint density at radius 2 is 1.90 bits per heavy atom. The highest BCUT2D eigenvalue weighted by Crippen LogP contribution is 2.31. The average molecular weight is 533 g/mol. The molecule has 2 fully saturated rings. The van der Waals surface area contributed by atoms with E-state index in [1.807, 2.05) is 54.3 Å². The van der Waals surface area contributed by atoms with E-state index in [0.29, 0.717) is 48.4 Å². The molecule has 2 aliphatic heterocycles. The normalized spacial score (nSPS) is 19.5. The summed E-state index contributed by atoms with van der Waals surface area (Å²) >= 11 is 0. The van der Waals surface area contributed by atoms with Gasteiger partial charge in [-0.2, -0.15) is 0 Å². The maximum absolute atomic E-state index is 13.3. The number of fused-ring (bicyclic) bond motifs is 2. The van der Waals surface area contributed by atoms with E-state index < -0.39 is 0 Å². The molecule has 1 amide bonds. The molecule has 39 heavy (non-hydrogen) atoms. The van der Waals surface area contributed by atoms with Crippen LogP contribution in [0.2, 0.25) is 0 Å². The smallest absolute Gasteiger partial charge is 0.340 e. The highest BCUT2D eigenvalue weighted by atomic mass is 16.5. The fourth-order valence-corrected chi connectivity index (χ4v) is 6.30. The van der Waals surface area contributed by atoms with Gasteiger partial charge in [-0.3, -0.25) is 4.79 Å². The van der Waals surface area contributed by atoms with E-state index in [4.69, 9.17) is 13.9 Å². The maximum atomic E-state index is 13.3. The summed E-state index contributed by atoms with van der Waals surface area (Å²) in [6, 6.07) is 15.9. The van der Waals surface area contributed by atoms with Crippen LogP contribution in [0.3, 0.4) is 0 Å². The summed E-state index contributed by atoms with van der Waals surface area (Å²) < 4.78 is 16.9. The number of nitrogens with zero attached hydrogens (tertiary/aromatic N) is 2. The lowest BCUT2D eigenvalue weighted by Gasteiger charge is -2.45. The number of amides is 1. The summed E-state index contributed by atoms with van der Waals surface area (Å²) in [7, 11) is 1.67. The standard InChI is InChI=1S/C32H40N2O5/c1-23-27-14-13-26(20-30(27)39-32(36)28(23)19-24-9-4-3-5-10-24)38-22-31(35)34(17-18-37-2)21-25-11-8-16-33-15-7-6-12-29(25)33/h3-5,9-10,13-14,20,25,29H,6-8,11-12,15-19,21-22H2,1-2H3/t25-,29+/m0/s1. The second-order valence-corrected chi connectivity index (χ2v) is 10.9. The van der Waals surface area contributed by atoms with E-state index in [-0.39, 0.29) is 18.1 Å². The molecule has 1 aromatic heterocycles. The van der Waals surface area contributed by atoms with Crippen LogP contribution in [0.1, 0.15) is 48.8 Å². The molecule has 3 heterocycles. The van der Waals surface area contributed by atoms with Gasteiger partial charge < -0.3 is 23.7 Å². The predicted molar refractivity (Wildman–Crippen MR) is 152 cm³/mol. The number of carbonyl (C=O) groups is 1. The molecule has 0 N–H and O–H groups in total. The van der Waals surface area contributed by atoms with Gasteiger partial charge in [0.1, 0.15) is 11.3 Å². The van der Waals surface area contributed by atoms with Crippen molar-refractivity contribution in [3.8, 4) is 5.75 Å². The minimum atomic E-state index is -0.341. The summed E-state index contributed by atoms with van der Waals surface area (Å²) in [5.41, 5.74) is 2.75. The van der Waals surface area contributed by atoms with Crippen molar-refractivity contribution in [2.75, 3.05) is 46.5 Å². The van der Waals surface area contributed by atoms with Crippen LogP contribution in [0, 0.1) is 12.8 Å². The number of methoxy groups -OCH3 is 1. The fraction of sp³-hybridized carbons (Fsp3) is 0.500. The molecular weight excluding hydrogens is 492 g/mol. The Hall–Kier alpha value is -3.16. The number of ether oxygens (including phenoxy) is 2. The first-order valence-corrected chi connectivity index (χ1v) is 14.3. The van der Waals surface area contributed by atoms with Crippen LogP contribution in [0.4, 0.5) is 0 Å². The van der Waals surface area contributed by atoms with Gasteiger partial charge in [-0.1, -0.05) is 36.8 Å². The largest absolute Gasteiger partial charge is 0.484 e. The lowest BCUT2D eigenvalue weighted by Crippen LogP contribution is -2.52. The maximum Gasteiger partial charge on any atom is 0.340 e. The molecular formula is C32H40N2O5. The Kier molecular flexibility index (Phi) is 8.99. The molecule has 0 aliphatic carbocycles. The van der Waals surface area contributed by atoms with Crippen LogP contribution >= 0.6 is 0 Å². The zero-order valence-corrected chi connectivity index (χ0v) is 23.2. The van der Waals surface area contributed by atoms with Crippen LogP contribution in [0.25, 0.3) is 11.0 Å². The molecule has 0 bridgehead atoms. The number of benzene rings is 2. The second kappa shape index (κ2) is 12.8. The van der Waals surface area contributed by atoms with Gasteiger partial charge in [0.05, 0.1) is 6.61 Å². The summed E-state index contributed by atoms with van der Waals surface area (Å²) in [6.07, 6.45) is 6.66. The highest BCUT2D eigenvalue weighted by Gasteiger charge is 2.34. The van der Waals surface area contributed by atoms with Gasteiger partial charge in [0.25, 0.3) is 5.91 Å². The van der Waals surface area contributed by atoms with Crippen molar-refractivity contribution < 1.29 is 18.7 Å². The van der Waals surface area contributed by atoms with Gasteiger partial charge in [-0.15, -0.1) is 0 Å². The number of piperidine rings is 2. The van der Waals surface area contributed by atoms with Crippen molar-refractivity contribution in [2.24, 2.45) is 5.92 Å². The van der Waals surface area contributed by atoms with Gasteiger partial charge >= 0.3 is 5.63 Å². The molecule has 0 radical (unpaired) electrons. The predicted octanol–water partition coefficient (Wildman–Crippen LogP) is 4.81. The Labute approximate surface area is 230 Å². The van der Waals surface area contributed by atoms with Crippen molar-refractivity contribution in [2.45, 2.75) is 51.5 Å². The third-order valence-electron chi connectivity index (χ3n) is 8.45. The van der Waals surface area contributed by atoms with Crippen LogP contribution in [-0.4, -0.2) is 68.3 Å². The molecule has 2 saturated heterocycles. The number of aryl methyl sites for hydroxylation is 1. The summed E-state index contributed by atoms with van der Waals surface area (Å²) in [4.78, 5) is 30.7. The lowest BCUT2D eigenvalue weighted by molar-refractivity contribution is -0.135. The van der Waals surface area contributed by atoms with Gasteiger partial charge in [-0.05, 0) is 74.9 Å². The minimum absolute atomic E-state index is 0.0454. The summed E-state index contributed by atoms with van der Waals surface area (Å²) in [6.45, 7) is 6.04. The summed E-state index contributed by atoms with van der Waals surface area (Å²) in [5.74, 6) is 0.954. The molecule has 3 aromatic rings. The molecule has 0 spiro atoms. The quantitative estimate of drug-likeness (QED) is 0.349. The van der Waals surface area contributed by atoms with E-state index in [9.17, 15) is 9.59 Å². The van der Waals surface area contributed by atoms with E-state index >= 15 is 0 Å². The van der Waals surface area contributed by atoms with Gasteiger partial charge in [-0.25, -0.2) is 4.79 Å². The van der Waals surface area contributed by atoms with Crippen LogP contribution in [0.5, 0.6) is 5.75 Å². The Morgan fingerprint density at radius 3 is 2.72 bits per heavy atom. The monoisotopic (exact) mass is 532 g/mol. The fourth-order valence-electron chi connectivity index (χ4n) is 6.30. The Balaban J connectivity index is 1.26. The Morgan fingerprint density at radius 1 is 1.08 bits per heavy atom. The van der Waals surface area contributed by atoms with Gasteiger partial charge in [0.2, 0.25) is 0 Å². The minimum Gasteiger partial charge on any atom is -0.484 e. The van der Waals surface area contributed by atoms with Crippen LogP contribution in [-0.2, 0) is 16.0 Å². The van der Waals surface area contributed by atoms with Crippen LogP contribution < -0.4 is 10.4 Å². The molecule has 2 aromatic carbocycles. The van der Waals surface area contributed by atoms with E-state index in [1.165, 1.54) is 38.8 Å². The number of hydrogen-bond acceptors (Lipinski definition) is 6. The molecule has 7 heteroatoms. The first-order valence-electron chi connectivity index (χ1n) is 14.3. The van der Waals surface area contributed by atoms with E-state index in [1.54, 1.807) is 13.2 Å². The molecule has 7 nitrogen and oxygen atoms in total. The SMILES string of the molecule is COCCN(C[C@@H]1CCCN2CCCC[C@H]12)C(=O)COc1ccc2c(C)c(Cc3ccccc3)c(=O)oc2c1. The average Bonchev–Trinajstić information content (AvgIpc) is 2.96. The first kappa shape index (κ1) is 27.4. The molecule has 0 saturated carbocycles. The number of rotatable bonds is 10. The zero-order chi connectivity index (χ0) is 27.2. The molecule has 2 atom stereocenters. The third-order valence-corrected chi connectivity index (χ3v) is 8.45. The molecule has 5 rings (SSSR count). The highest BCUT2D eigenvalue weighted by molar-refractivity contribution is 5.83. The first-order chi connectivity index (χ1) is 19.0. The Bertz CT molecular complexity index is 1320. The third kappa shape index (κ3) is 6.53. The van der Waals surface area contributed by atoms with Gasteiger partial charge in [0.15, 0.2) is 6.61 Å². The van der Waals surface area contributed by atoms with E-state index in [0.717, 1.165) is 29.5 Å². The van der Waals surface area contributed by atoms with Crippen molar-refractivity contribution in [1.82, 2.24) is 9.80 Å². The van der Waals surface area contributed by atoms with Crippen molar-refractivity contribution in [3.63, 3.8) is 0 Å². The second-order valence-electron chi connectivity index (χ2n) is 10.9. The van der Waals surface area contributed by atoms with Gasteiger partial charge in [0, 0.05) is 49.7 Å². The van der Waals surface area contributed by atoms with Crippen molar-refractivity contribution in [3.05, 3.63) is 75.6 Å². The summed E-state index contributed by atoms with van der Waals surface area (Å²) in [5, 5.41) is 0.871.